The van der Waals surface area contributed by atoms with Gasteiger partial charge in [0.2, 0.25) is 5.88 Å². The molecular weight excluding hydrogens is 406 g/mol. The highest BCUT2D eigenvalue weighted by Crippen LogP contribution is 2.40. The van der Waals surface area contributed by atoms with E-state index in [0.717, 1.165) is 30.8 Å². The van der Waals surface area contributed by atoms with Gasteiger partial charge in [0, 0.05) is 37.1 Å². The summed E-state index contributed by atoms with van der Waals surface area (Å²) in [7, 11) is 1.51. The predicted molar refractivity (Wildman–Crippen MR) is 113 cm³/mol. The molecule has 1 atom stereocenters. The molecule has 152 valence electrons. The number of amides is 2. The Morgan fingerprint density at radius 1 is 1.27 bits per heavy atom. The topological polar surface area (TPSA) is 96.4 Å². The number of methoxy groups -OCH3 is 1. The molecule has 1 saturated heterocycles. The van der Waals surface area contributed by atoms with Crippen LogP contribution in [0.4, 0.5) is 22.1 Å². The van der Waals surface area contributed by atoms with Gasteiger partial charge in [-0.25, -0.2) is 19.7 Å². The Morgan fingerprint density at radius 2 is 2.17 bits per heavy atom. The molecule has 10 heteroatoms. The molecule has 9 nitrogen and oxygen atoms in total. The van der Waals surface area contributed by atoms with Gasteiger partial charge < -0.3 is 9.64 Å². The third-order valence-corrected chi connectivity index (χ3v) is 5.46. The number of anilines is 3. The molecule has 0 saturated carbocycles. The van der Waals surface area contributed by atoms with Crippen molar-refractivity contribution in [2.24, 2.45) is 0 Å². The van der Waals surface area contributed by atoms with Gasteiger partial charge in [-0.1, -0.05) is 11.6 Å². The van der Waals surface area contributed by atoms with Crippen molar-refractivity contribution in [3.8, 4) is 17.1 Å². The maximum absolute atomic E-state index is 13.2. The number of hydrogen-bond acceptors (Lipinski definition) is 7. The summed E-state index contributed by atoms with van der Waals surface area (Å²) >= 11 is 6.09. The Kier molecular flexibility index (Phi) is 4.59. The van der Waals surface area contributed by atoms with E-state index in [-0.39, 0.29) is 12.1 Å². The fourth-order valence-corrected chi connectivity index (χ4v) is 4.05. The standard InChI is InChI=1S/C20H18ClN7O2/c1-30-18-7-17(23-11-24-18)26-20(29)28-14-4-5-27(10-14)16-3-2-15(25-19(16)28)12-6-13(21)9-22-8-12/h2-3,6-9,11,14H,4-5,10H2,1H3,(H,23,24,26,29)/t14-/m0/s1. The molecule has 1 N–H and O–H groups in total. The van der Waals surface area contributed by atoms with Crippen LogP contribution in [0.1, 0.15) is 6.42 Å². The molecule has 2 aliphatic heterocycles. The first-order valence-corrected chi connectivity index (χ1v) is 9.83. The largest absolute Gasteiger partial charge is 0.481 e. The molecule has 0 aliphatic carbocycles. The van der Waals surface area contributed by atoms with E-state index in [4.69, 9.17) is 21.3 Å². The summed E-state index contributed by atoms with van der Waals surface area (Å²) in [6, 6.07) is 7.03. The van der Waals surface area contributed by atoms with Crippen molar-refractivity contribution in [1.29, 1.82) is 0 Å². The molecule has 1 fully saturated rings. The van der Waals surface area contributed by atoms with E-state index in [9.17, 15) is 4.79 Å². The second-order valence-corrected chi connectivity index (χ2v) is 7.50. The first kappa shape index (κ1) is 18.6. The number of nitrogens with zero attached hydrogens (tertiary/aromatic N) is 6. The Labute approximate surface area is 177 Å². The van der Waals surface area contributed by atoms with E-state index >= 15 is 0 Å². The average molecular weight is 424 g/mol. The quantitative estimate of drug-likeness (QED) is 0.690. The number of fused-ring (bicyclic) bond motifs is 4. The zero-order chi connectivity index (χ0) is 20.7. The summed E-state index contributed by atoms with van der Waals surface area (Å²) in [6.07, 6.45) is 5.49. The van der Waals surface area contributed by atoms with Gasteiger partial charge >= 0.3 is 6.03 Å². The van der Waals surface area contributed by atoms with Gasteiger partial charge in [-0.2, -0.15) is 0 Å². The van der Waals surface area contributed by atoms with Crippen molar-refractivity contribution in [1.82, 2.24) is 19.9 Å². The Hall–Kier alpha value is -3.46. The molecule has 3 aromatic rings. The lowest BCUT2D eigenvalue weighted by atomic mass is 10.1. The monoisotopic (exact) mass is 423 g/mol. The number of aromatic nitrogens is 4. The second kappa shape index (κ2) is 7.42. The first-order valence-electron chi connectivity index (χ1n) is 9.45. The maximum Gasteiger partial charge on any atom is 0.329 e. The van der Waals surface area contributed by atoms with Gasteiger partial charge in [0.1, 0.15) is 12.1 Å². The third-order valence-electron chi connectivity index (χ3n) is 5.26. The van der Waals surface area contributed by atoms with Crippen molar-refractivity contribution in [3.05, 3.63) is 48.0 Å². The summed E-state index contributed by atoms with van der Waals surface area (Å²) in [6.45, 7) is 1.65. The van der Waals surface area contributed by atoms with E-state index in [1.807, 2.05) is 12.1 Å². The minimum absolute atomic E-state index is 0.0291. The molecular formula is C20H18ClN7O2. The van der Waals surface area contributed by atoms with Gasteiger partial charge in [-0.3, -0.25) is 15.2 Å². The number of carbonyl (C=O) groups excluding carboxylic acids is 1. The van der Waals surface area contributed by atoms with Gasteiger partial charge in [-0.05, 0) is 24.6 Å². The van der Waals surface area contributed by atoms with Crippen LogP contribution in [-0.4, -0.2) is 52.2 Å². The van der Waals surface area contributed by atoms with Crippen molar-refractivity contribution in [3.63, 3.8) is 0 Å². The van der Waals surface area contributed by atoms with Crippen molar-refractivity contribution in [2.45, 2.75) is 12.5 Å². The lowest BCUT2D eigenvalue weighted by Crippen LogP contribution is -2.48. The molecule has 3 aromatic heterocycles. The molecule has 2 aliphatic rings. The van der Waals surface area contributed by atoms with E-state index < -0.39 is 0 Å². The lowest BCUT2D eigenvalue weighted by molar-refractivity contribution is 0.254. The van der Waals surface area contributed by atoms with Gasteiger partial charge in [0.15, 0.2) is 5.82 Å². The number of rotatable bonds is 3. The highest BCUT2D eigenvalue weighted by molar-refractivity contribution is 6.30. The Balaban J connectivity index is 1.52. The van der Waals surface area contributed by atoms with Crippen LogP contribution in [0.25, 0.3) is 11.3 Å². The average Bonchev–Trinajstić information content (AvgIpc) is 3.18. The highest BCUT2D eigenvalue weighted by atomic mass is 35.5. The molecule has 0 aromatic carbocycles. The maximum atomic E-state index is 13.2. The van der Waals surface area contributed by atoms with Crippen molar-refractivity contribution >= 4 is 35.0 Å². The van der Waals surface area contributed by atoms with Crippen molar-refractivity contribution < 1.29 is 9.53 Å². The number of halogens is 1. The summed E-state index contributed by atoms with van der Waals surface area (Å²) in [5.74, 6) is 1.35. The van der Waals surface area contributed by atoms with Crippen LogP contribution in [0.3, 0.4) is 0 Å². The normalized spacial score (nSPS) is 16.9. The second-order valence-electron chi connectivity index (χ2n) is 7.07. The molecule has 5 rings (SSSR count). The van der Waals surface area contributed by atoms with E-state index in [1.165, 1.54) is 13.4 Å². The number of carbonyl (C=O) groups is 1. The summed E-state index contributed by atoms with van der Waals surface area (Å²) < 4.78 is 5.11. The lowest BCUT2D eigenvalue weighted by Gasteiger charge is -2.35. The van der Waals surface area contributed by atoms with E-state index in [2.05, 4.69) is 25.2 Å². The molecule has 0 spiro atoms. The van der Waals surface area contributed by atoms with Crippen LogP contribution in [0.5, 0.6) is 5.88 Å². The first-order chi connectivity index (χ1) is 14.6. The van der Waals surface area contributed by atoms with E-state index in [0.29, 0.717) is 28.2 Å². The Bertz CT molecular complexity index is 1130. The molecule has 0 unspecified atom stereocenters. The van der Waals surface area contributed by atoms with Crippen LogP contribution in [0.2, 0.25) is 5.02 Å². The number of pyridine rings is 2. The van der Waals surface area contributed by atoms with Gasteiger partial charge in [0.05, 0.1) is 29.6 Å². The predicted octanol–water partition coefficient (Wildman–Crippen LogP) is 3.23. The third kappa shape index (κ3) is 3.26. The van der Waals surface area contributed by atoms with Crippen LogP contribution in [0, 0.1) is 0 Å². The van der Waals surface area contributed by atoms with Crippen LogP contribution in [-0.2, 0) is 0 Å². The van der Waals surface area contributed by atoms with Crippen LogP contribution >= 0.6 is 11.6 Å². The smallest absolute Gasteiger partial charge is 0.329 e. The fourth-order valence-electron chi connectivity index (χ4n) is 3.87. The highest BCUT2D eigenvalue weighted by Gasteiger charge is 2.40. The Morgan fingerprint density at radius 3 is 3.00 bits per heavy atom. The summed E-state index contributed by atoms with van der Waals surface area (Å²) in [5, 5.41) is 3.37. The molecule has 0 radical (unpaired) electrons. The molecule has 2 bridgehead atoms. The van der Waals surface area contributed by atoms with Crippen LogP contribution < -0.4 is 19.9 Å². The van der Waals surface area contributed by atoms with E-state index in [1.54, 1.807) is 29.4 Å². The zero-order valence-corrected chi connectivity index (χ0v) is 16.9. The summed E-state index contributed by atoms with van der Waals surface area (Å²) in [5.41, 5.74) is 2.42. The molecule has 5 heterocycles. The zero-order valence-electron chi connectivity index (χ0n) is 16.1. The van der Waals surface area contributed by atoms with Gasteiger partial charge in [-0.15, -0.1) is 0 Å². The minimum atomic E-state index is -0.294. The number of ether oxygens (including phenoxy) is 1. The SMILES string of the molecule is COc1cc(NC(=O)N2c3nc(-c4cncc(Cl)c4)ccc3N3CC[C@H]2C3)ncn1. The number of hydrogen-bond donors (Lipinski definition) is 1. The van der Waals surface area contributed by atoms with Gasteiger partial charge in [0.25, 0.3) is 0 Å². The number of nitrogens with one attached hydrogen (secondary N) is 1. The summed E-state index contributed by atoms with van der Waals surface area (Å²) in [4.78, 5) is 34.2. The van der Waals surface area contributed by atoms with Crippen molar-refractivity contribution in [2.75, 3.05) is 35.3 Å². The number of urea groups is 1. The van der Waals surface area contributed by atoms with Crippen LogP contribution in [0.15, 0.2) is 43.0 Å². The molecule has 2 amide bonds. The molecule has 30 heavy (non-hydrogen) atoms. The fraction of sp³-hybridized carbons (Fsp3) is 0.250. The minimum Gasteiger partial charge on any atom is -0.481 e.